The Morgan fingerprint density at radius 1 is 1.44 bits per heavy atom. The van der Waals surface area contributed by atoms with E-state index in [0.717, 1.165) is 17.9 Å². The van der Waals surface area contributed by atoms with Crippen molar-refractivity contribution in [3.05, 3.63) is 41.5 Å². The van der Waals surface area contributed by atoms with E-state index >= 15 is 0 Å². The molecule has 0 radical (unpaired) electrons. The van der Waals surface area contributed by atoms with E-state index in [1.807, 2.05) is 19.9 Å². The molecule has 2 aromatic rings. The molecule has 0 saturated carbocycles. The molecule has 3 rings (SSSR count). The molecule has 0 spiro atoms. The second-order valence-corrected chi connectivity index (χ2v) is 5.98. The predicted molar refractivity (Wildman–Crippen MR) is 96.1 cm³/mol. The van der Waals surface area contributed by atoms with Crippen molar-refractivity contribution in [2.75, 3.05) is 25.1 Å². The average Bonchev–Trinajstić information content (AvgIpc) is 2.86. The normalized spacial score (nSPS) is 17.0. The minimum absolute atomic E-state index is 0. The minimum atomic E-state index is -0.432. The molecule has 136 valence electrons. The van der Waals surface area contributed by atoms with Crippen LogP contribution in [-0.2, 0) is 9.53 Å². The van der Waals surface area contributed by atoms with Crippen molar-refractivity contribution in [1.82, 2.24) is 15.1 Å². The highest BCUT2D eigenvalue weighted by atomic mass is 35.5. The van der Waals surface area contributed by atoms with Gasteiger partial charge in [0.2, 0.25) is 5.91 Å². The van der Waals surface area contributed by atoms with Crippen molar-refractivity contribution in [1.29, 1.82) is 0 Å². The molecule has 1 saturated heterocycles. The highest BCUT2D eigenvalue weighted by Gasteiger charge is 2.17. The number of amides is 1. The summed E-state index contributed by atoms with van der Waals surface area (Å²) in [5, 5.41) is 10.2. The number of rotatable bonds is 4. The number of aryl methyl sites for hydroxylation is 2. The molecule has 2 N–H and O–H groups in total. The summed E-state index contributed by atoms with van der Waals surface area (Å²) >= 11 is 0. The SMILES string of the molecule is Cc1cc(C)n(-c2ccc(NC(=O)CC3COCCN3)cc2F)n1.Cl. The zero-order chi connectivity index (χ0) is 17.1. The Bertz CT molecular complexity index is 744. The largest absolute Gasteiger partial charge is 0.378 e. The lowest BCUT2D eigenvalue weighted by Gasteiger charge is -2.23. The van der Waals surface area contributed by atoms with Crippen LogP contribution in [0.3, 0.4) is 0 Å². The topological polar surface area (TPSA) is 68.2 Å². The summed E-state index contributed by atoms with van der Waals surface area (Å²) in [6.07, 6.45) is 0.292. The monoisotopic (exact) mass is 368 g/mol. The van der Waals surface area contributed by atoms with E-state index in [2.05, 4.69) is 15.7 Å². The molecule has 1 aromatic heterocycles. The number of ether oxygens (including phenoxy) is 1. The number of carbonyl (C=O) groups excluding carboxylic acids is 1. The van der Waals surface area contributed by atoms with E-state index in [-0.39, 0.29) is 24.4 Å². The molecule has 1 amide bonds. The molecule has 1 aliphatic heterocycles. The Hall–Kier alpha value is -1.96. The average molecular weight is 369 g/mol. The molecular weight excluding hydrogens is 347 g/mol. The van der Waals surface area contributed by atoms with Crippen LogP contribution < -0.4 is 10.6 Å². The summed E-state index contributed by atoms with van der Waals surface area (Å²) < 4.78 is 21.3. The van der Waals surface area contributed by atoms with Crippen LogP contribution in [0.15, 0.2) is 24.3 Å². The molecule has 0 bridgehead atoms. The number of carbonyl (C=O) groups is 1. The molecule has 8 heteroatoms. The zero-order valence-corrected chi connectivity index (χ0v) is 15.0. The molecule has 1 fully saturated rings. The Kier molecular flexibility index (Phi) is 6.52. The summed E-state index contributed by atoms with van der Waals surface area (Å²) in [5.41, 5.74) is 2.47. The van der Waals surface area contributed by atoms with Crippen LogP contribution in [0.5, 0.6) is 0 Å². The Labute approximate surface area is 152 Å². The maximum atomic E-state index is 14.4. The number of anilines is 1. The van der Waals surface area contributed by atoms with Crippen LogP contribution >= 0.6 is 12.4 Å². The smallest absolute Gasteiger partial charge is 0.226 e. The van der Waals surface area contributed by atoms with Crippen molar-refractivity contribution in [2.45, 2.75) is 26.3 Å². The van der Waals surface area contributed by atoms with Crippen LogP contribution in [0.1, 0.15) is 17.8 Å². The number of nitrogens with zero attached hydrogens (tertiary/aromatic N) is 2. The van der Waals surface area contributed by atoms with Gasteiger partial charge in [-0.15, -0.1) is 12.4 Å². The van der Waals surface area contributed by atoms with Crippen LogP contribution in [0.25, 0.3) is 5.69 Å². The van der Waals surface area contributed by atoms with Crippen LogP contribution in [0.2, 0.25) is 0 Å². The molecule has 25 heavy (non-hydrogen) atoms. The number of nitrogens with one attached hydrogen (secondary N) is 2. The van der Waals surface area contributed by atoms with Gasteiger partial charge in [-0.25, -0.2) is 9.07 Å². The van der Waals surface area contributed by atoms with E-state index < -0.39 is 5.82 Å². The first-order valence-electron chi connectivity index (χ1n) is 7.97. The quantitative estimate of drug-likeness (QED) is 0.869. The number of morpholine rings is 1. The first-order valence-corrected chi connectivity index (χ1v) is 7.97. The van der Waals surface area contributed by atoms with Crippen LogP contribution in [-0.4, -0.2) is 41.5 Å². The number of hydrogen-bond donors (Lipinski definition) is 2. The van der Waals surface area contributed by atoms with Gasteiger partial charge >= 0.3 is 0 Å². The first kappa shape index (κ1) is 19.4. The lowest BCUT2D eigenvalue weighted by Crippen LogP contribution is -2.43. The Morgan fingerprint density at radius 3 is 2.84 bits per heavy atom. The fourth-order valence-electron chi connectivity index (χ4n) is 2.82. The number of aromatic nitrogens is 2. The molecule has 1 atom stereocenters. The third-order valence-corrected chi connectivity index (χ3v) is 3.90. The second-order valence-electron chi connectivity index (χ2n) is 5.98. The number of benzene rings is 1. The van der Waals surface area contributed by atoms with Gasteiger partial charge in [-0.05, 0) is 38.1 Å². The molecular formula is C17H22ClFN4O2. The van der Waals surface area contributed by atoms with Gasteiger partial charge in [0.15, 0.2) is 5.82 Å². The molecule has 1 aliphatic rings. The van der Waals surface area contributed by atoms with Gasteiger partial charge in [0.25, 0.3) is 0 Å². The molecule has 1 unspecified atom stereocenters. The summed E-state index contributed by atoms with van der Waals surface area (Å²) in [6, 6.07) is 6.49. The van der Waals surface area contributed by atoms with Crippen molar-refractivity contribution >= 4 is 24.0 Å². The maximum absolute atomic E-state index is 14.4. The fourth-order valence-corrected chi connectivity index (χ4v) is 2.82. The fraction of sp³-hybridized carbons (Fsp3) is 0.412. The zero-order valence-electron chi connectivity index (χ0n) is 14.2. The molecule has 2 heterocycles. The third kappa shape index (κ3) is 4.78. The van der Waals surface area contributed by atoms with Crippen molar-refractivity contribution in [3.8, 4) is 5.69 Å². The maximum Gasteiger partial charge on any atom is 0.226 e. The van der Waals surface area contributed by atoms with E-state index in [4.69, 9.17) is 4.74 Å². The Morgan fingerprint density at radius 2 is 2.24 bits per heavy atom. The summed E-state index contributed by atoms with van der Waals surface area (Å²) in [7, 11) is 0. The van der Waals surface area contributed by atoms with Crippen LogP contribution in [0, 0.1) is 19.7 Å². The van der Waals surface area contributed by atoms with Crippen LogP contribution in [0.4, 0.5) is 10.1 Å². The molecule has 1 aromatic carbocycles. The van der Waals surface area contributed by atoms with Crippen molar-refractivity contribution < 1.29 is 13.9 Å². The van der Waals surface area contributed by atoms with E-state index in [1.54, 1.807) is 16.8 Å². The summed E-state index contributed by atoms with van der Waals surface area (Å²) in [4.78, 5) is 12.1. The van der Waals surface area contributed by atoms with E-state index in [0.29, 0.717) is 31.0 Å². The summed E-state index contributed by atoms with van der Waals surface area (Å²) in [5.74, 6) is -0.602. The Balaban J connectivity index is 0.00000225. The molecule has 0 aliphatic carbocycles. The number of hydrogen-bond acceptors (Lipinski definition) is 4. The number of halogens is 2. The first-order chi connectivity index (χ1) is 11.5. The predicted octanol–water partition coefficient (Wildman–Crippen LogP) is 2.37. The van der Waals surface area contributed by atoms with Crippen molar-refractivity contribution in [3.63, 3.8) is 0 Å². The van der Waals surface area contributed by atoms with E-state index in [9.17, 15) is 9.18 Å². The van der Waals surface area contributed by atoms with E-state index in [1.165, 1.54) is 6.07 Å². The van der Waals surface area contributed by atoms with Gasteiger partial charge < -0.3 is 15.4 Å². The minimum Gasteiger partial charge on any atom is -0.378 e. The highest BCUT2D eigenvalue weighted by Crippen LogP contribution is 2.20. The van der Waals surface area contributed by atoms with Gasteiger partial charge in [-0.3, -0.25) is 4.79 Å². The lowest BCUT2D eigenvalue weighted by atomic mass is 10.2. The molecule has 6 nitrogen and oxygen atoms in total. The van der Waals surface area contributed by atoms with Crippen molar-refractivity contribution in [2.24, 2.45) is 0 Å². The second kappa shape index (κ2) is 8.42. The van der Waals surface area contributed by atoms with Gasteiger partial charge in [0.1, 0.15) is 5.69 Å². The van der Waals surface area contributed by atoms with Gasteiger partial charge in [-0.1, -0.05) is 0 Å². The van der Waals surface area contributed by atoms with Gasteiger partial charge in [0.05, 0.1) is 18.9 Å². The van der Waals surface area contributed by atoms with Gasteiger partial charge in [-0.2, -0.15) is 5.10 Å². The lowest BCUT2D eigenvalue weighted by molar-refractivity contribution is -0.117. The third-order valence-electron chi connectivity index (χ3n) is 3.90. The standard InChI is InChI=1S/C17H21FN4O2.ClH/c1-11-7-12(2)22(21-11)16-4-3-13(8-15(16)18)20-17(23)9-14-10-24-6-5-19-14;/h3-4,7-8,14,19H,5-6,9-10H2,1-2H3,(H,20,23);1H. The summed E-state index contributed by atoms with van der Waals surface area (Å²) in [6.45, 7) is 5.65. The van der Waals surface area contributed by atoms with Gasteiger partial charge in [0, 0.05) is 30.4 Å². The highest BCUT2D eigenvalue weighted by molar-refractivity contribution is 5.91.